The average molecular weight is 665 g/mol. The molecule has 15 heteroatoms. The van der Waals surface area contributed by atoms with E-state index in [-0.39, 0.29) is 45.3 Å². The maximum absolute atomic E-state index is 14.7. The molecule has 12 nitrogen and oxygen atoms in total. The number of nitrogens with one attached hydrogen (secondary N) is 2. The van der Waals surface area contributed by atoms with Gasteiger partial charge in [0.25, 0.3) is 5.92 Å². The van der Waals surface area contributed by atoms with Crippen molar-refractivity contribution in [3.05, 3.63) is 47.3 Å². The molecule has 0 aromatic heterocycles. The van der Waals surface area contributed by atoms with Crippen LogP contribution in [0.2, 0.25) is 0 Å². The molecule has 256 valence electrons. The van der Waals surface area contributed by atoms with Gasteiger partial charge in [-0.05, 0) is 51.7 Å². The normalized spacial score (nSPS) is 29.7. The van der Waals surface area contributed by atoms with Gasteiger partial charge in [0, 0.05) is 37.3 Å². The van der Waals surface area contributed by atoms with Crippen LogP contribution in [-0.4, -0.2) is 86.7 Å². The lowest BCUT2D eigenvalue weighted by Gasteiger charge is -2.30. The van der Waals surface area contributed by atoms with Gasteiger partial charge in [-0.15, -0.1) is 0 Å². The number of nitrogens with zero attached hydrogens (tertiary/aromatic N) is 2. The molecule has 4 aliphatic rings. The molecular weight excluding hydrogens is 625 g/mol. The topological polar surface area (TPSA) is 155 Å². The fourth-order valence-electron chi connectivity index (χ4n) is 6.35. The van der Waals surface area contributed by atoms with Crippen LogP contribution in [0.4, 0.5) is 22.8 Å². The highest BCUT2D eigenvalue weighted by molar-refractivity contribution is 5.96. The lowest BCUT2D eigenvalue weighted by Crippen LogP contribution is -2.56. The van der Waals surface area contributed by atoms with Crippen LogP contribution in [0.1, 0.15) is 70.4 Å². The molecule has 0 radical (unpaired) electrons. The Morgan fingerprint density at radius 1 is 1.15 bits per heavy atom. The predicted molar refractivity (Wildman–Crippen MR) is 158 cm³/mol. The molecule has 1 aliphatic carbocycles. The summed E-state index contributed by atoms with van der Waals surface area (Å²) < 4.78 is 54.7. The number of carboxylic acids is 1. The number of ether oxygens (including phenoxy) is 2. The van der Waals surface area contributed by atoms with Gasteiger partial charge in [0.1, 0.15) is 35.1 Å². The first-order chi connectivity index (χ1) is 22.0. The van der Waals surface area contributed by atoms with Gasteiger partial charge < -0.3 is 30.1 Å². The highest BCUT2D eigenvalue weighted by atomic mass is 19.3. The summed E-state index contributed by atoms with van der Waals surface area (Å²) in [5.41, 5.74) is -1.73. The third-order valence-corrected chi connectivity index (χ3v) is 8.85. The lowest BCUT2D eigenvalue weighted by molar-refractivity contribution is -0.145. The van der Waals surface area contributed by atoms with Crippen LogP contribution in [0.15, 0.2) is 30.4 Å². The van der Waals surface area contributed by atoms with Crippen molar-refractivity contribution in [1.82, 2.24) is 20.4 Å². The van der Waals surface area contributed by atoms with Gasteiger partial charge in [-0.3, -0.25) is 14.5 Å². The first kappa shape index (κ1) is 34.0. The standard InChI is InChI=1S/C32H39F3N4O8/c1-30(2,3)47-28(44)36-23-10-6-12-31(34,35)11-5-8-19-14-32(19,27(42)43)37-25(40)24-13-20(16-39(24)26(23)41)46-29(45)38-15-18-7-4-9-22(33)21(18)17-38/h4-5,7-9,19-20,23-24H,6,10-17H2,1-3H3,(H,36,44)(H,37,40)(H,42,43)/b8-5-/t19-,20+,23-,24-,32+/m0/s1. The van der Waals surface area contributed by atoms with E-state index >= 15 is 0 Å². The SMILES string of the molecule is CC(C)(C)OC(=O)N[C@H]1CCCC(F)(F)C/C=C\[C@H]2C[C@@]2(C(=O)O)NC(=O)[C@@H]2C[C@@H](OC(=O)N3Cc4cccc(F)c4C3)CN2C1=O. The molecule has 3 N–H and O–H groups in total. The van der Waals surface area contributed by atoms with Gasteiger partial charge in [-0.25, -0.2) is 27.6 Å². The zero-order valence-electron chi connectivity index (χ0n) is 26.4. The van der Waals surface area contributed by atoms with Crippen molar-refractivity contribution in [1.29, 1.82) is 0 Å². The number of amides is 4. The third kappa shape index (κ3) is 7.65. The molecule has 47 heavy (non-hydrogen) atoms. The van der Waals surface area contributed by atoms with Crippen molar-refractivity contribution in [2.24, 2.45) is 5.92 Å². The fourth-order valence-corrected chi connectivity index (χ4v) is 6.35. The van der Waals surface area contributed by atoms with Gasteiger partial charge in [0.05, 0.1) is 13.1 Å². The van der Waals surface area contributed by atoms with Gasteiger partial charge in [-0.2, -0.15) is 0 Å². The van der Waals surface area contributed by atoms with Crippen molar-refractivity contribution in [2.45, 2.75) is 108 Å². The van der Waals surface area contributed by atoms with Crippen LogP contribution in [-0.2, 0) is 36.9 Å². The van der Waals surface area contributed by atoms with E-state index in [9.17, 15) is 42.3 Å². The molecule has 0 unspecified atom stereocenters. The van der Waals surface area contributed by atoms with Crippen LogP contribution in [0.3, 0.4) is 0 Å². The highest BCUT2D eigenvalue weighted by Crippen LogP contribution is 2.46. The Labute approximate surface area is 269 Å². The van der Waals surface area contributed by atoms with E-state index in [4.69, 9.17) is 9.47 Å². The van der Waals surface area contributed by atoms with Gasteiger partial charge in [0.15, 0.2) is 0 Å². The first-order valence-corrected chi connectivity index (χ1v) is 15.6. The minimum Gasteiger partial charge on any atom is -0.479 e. The van der Waals surface area contributed by atoms with E-state index in [0.29, 0.717) is 11.1 Å². The second-order valence-electron chi connectivity index (χ2n) is 13.6. The van der Waals surface area contributed by atoms with Crippen molar-refractivity contribution >= 4 is 30.0 Å². The number of hydrogen-bond donors (Lipinski definition) is 3. The maximum atomic E-state index is 14.7. The molecule has 4 amide bonds. The molecule has 1 saturated carbocycles. The molecule has 0 bridgehead atoms. The molecule has 3 heterocycles. The summed E-state index contributed by atoms with van der Waals surface area (Å²) in [5, 5.41) is 14.9. The summed E-state index contributed by atoms with van der Waals surface area (Å²) in [6.45, 7) is 4.57. The average Bonchev–Trinajstić information content (AvgIpc) is 3.27. The van der Waals surface area contributed by atoms with E-state index in [1.807, 2.05) is 0 Å². The second kappa shape index (κ2) is 12.7. The number of alkyl carbamates (subject to hydrolysis) is 1. The number of rotatable bonds is 3. The molecule has 5 atom stereocenters. The molecule has 3 aliphatic heterocycles. The monoisotopic (exact) mass is 664 g/mol. The number of carbonyl (C=O) groups excluding carboxylic acids is 4. The number of hydrogen-bond acceptors (Lipinski definition) is 7. The Morgan fingerprint density at radius 3 is 2.57 bits per heavy atom. The summed E-state index contributed by atoms with van der Waals surface area (Å²) in [5.74, 6) is -7.38. The number of halogens is 3. The van der Waals surface area contributed by atoms with Crippen LogP contribution < -0.4 is 10.6 Å². The maximum Gasteiger partial charge on any atom is 0.410 e. The fraction of sp³-hybridized carbons (Fsp3) is 0.594. The zero-order chi connectivity index (χ0) is 34.3. The smallest absolute Gasteiger partial charge is 0.410 e. The second-order valence-corrected chi connectivity index (χ2v) is 13.6. The van der Waals surface area contributed by atoms with Gasteiger partial charge in [-0.1, -0.05) is 24.3 Å². The number of alkyl halides is 2. The Bertz CT molecular complexity index is 1480. The van der Waals surface area contributed by atoms with Crippen LogP contribution in [0.5, 0.6) is 0 Å². The zero-order valence-corrected chi connectivity index (χ0v) is 26.4. The van der Waals surface area contributed by atoms with E-state index in [2.05, 4.69) is 10.6 Å². The third-order valence-electron chi connectivity index (χ3n) is 8.85. The van der Waals surface area contributed by atoms with Crippen molar-refractivity contribution < 1.29 is 51.7 Å². The van der Waals surface area contributed by atoms with E-state index < -0.39 is 89.8 Å². The highest BCUT2D eigenvalue weighted by Gasteiger charge is 2.61. The van der Waals surface area contributed by atoms with Gasteiger partial charge >= 0.3 is 18.2 Å². The molecule has 5 rings (SSSR count). The lowest BCUT2D eigenvalue weighted by atomic mass is 10.0. The van der Waals surface area contributed by atoms with Crippen molar-refractivity contribution in [3.8, 4) is 0 Å². The molecule has 1 aromatic rings. The molecule has 1 saturated heterocycles. The van der Waals surface area contributed by atoms with E-state index in [1.54, 1.807) is 26.8 Å². The Balaban J connectivity index is 1.40. The first-order valence-electron chi connectivity index (χ1n) is 15.6. The molecule has 0 spiro atoms. The van der Waals surface area contributed by atoms with Crippen molar-refractivity contribution in [2.75, 3.05) is 6.54 Å². The summed E-state index contributed by atoms with van der Waals surface area (Å²) in [4.78, 5) is 68.2. The quantitative estimate of drug-likeness (QED) is 0.412. The Morgan fingerprint density at radius 2 is 1.89 bits per heavy atom. The number of allylic oxidation sites excluding steroid dienone is 1. The van der Waals surface area contributed by atoms with Crippen LogP contribution >= 0.6 is 0 Å². The number of benzene rings is 1. The Kier molecular flexibility index (Phi) is 9.21. The summed E-state index contributed by atoms with van der Waals surface area (Å²) in [6, 6.07) is 1.80. The van der Waals surface area contributed by atoms with E-state index in [0.717, 1.165) is 4.90 Å². The molecular formula is C32H39F3N4O8. The van der Waals surface area contributed by atoms with Crippen molar-refractivity contribution in [3.63, 3.8) is 0 Å². The molecule has 2 fully saturated rings. The van der Waals surface area contributed by atoms with Gasteiger partial charge in [0.2, 0.25) is 11.8 Å². The minimum absolute atomic E-state index is 0.0376. The summed E-state index contributed by atoms with van der Waals surface area (Å²) >= 11 is 0. The van der Waals surface area contributed by atoms with Crippen LogP contribution in [0.25, 0.3) is 0 Å². The van der Waals surface area contributed by atoms with E-state index in [1.165, 1.54) is 29.2 Å². The number of aliphatic carboxylic acids is 1. The predicted octanol–water partition coefficient (Wildman–Crippen LogP) is 3.87. The summed E-state index contributed by atoms with van der Waals surface area (Å²) in [7, 11) is 0. The molecule has 1 aromatic carbocycles. The summed E-state index contributed by atoms with van der Waals surface area (Å²) in [6.07, 6.45) is -2.17. The Hall–Kier alpha value is -4.30. The largest absolute Gasteiger partial charge is 0.479 e. The number of carbonyl (C=O) groups is 5. The van der Waals surface area contributed by atoms with Crippen LogP contribution in [0, 0.1) is 11.7 Å². The number of fused-ring (bicyclic) bond motifs is 3. The minimum atomic E-state index is -3.17. The number of carboxylic acid groups (broad SMARTS) is 1.